The maximum absolute atomic E-state index is 10.8. The van der Waals surface area contributed by atoms with Crippen LogP contribution >= 0.6 is 0 Å². The van der Waals surface area contributed by atoms with Crippen molar-refractivity contribution in [3.8, 4) is 11.5 Å². The van der Waals surface area contributed by atoms with Gasteiger partial charge in [0, 0.05) is 5.56 Å². The molecule has 3 nitrogen and oxygen atoms in total. The van der Waals surface area contributed by atoms with Gasteiger partial charge >= 0.3 is 0 Å². The lowest BCUT2D eigenvalue weighted by molar-refractivity contribution is 0.0431. The zero-order valence-corrected chi connectivity index (χ0v) is 21.7. The molecule has 3 N–H and O–H groups in total. The molecule has 0 bridgehead atoms. The molecule has 0 saturated heterocycles. The molecule has 0 aliphatic rings. The summed E-state index contributed by atoms with van der Waals surface area (Å²) < 4.78 is 0. The van der Waals surface area contributed by atoms with Gasteiger partial charge in [-0.3, -0.25) is 0 Å². The van der Waals surface area contributed by atoms with E-state index in [-0.39, 0.29) is 11.5 Å². The van der Waals surface area contributed by atoms with Crippen LogP contribution in [-0.2, 0) is 6.42 Å². The highest BCUT2D eigenvalue weighted by Gasteiger charge is 2.23. The third-order valence-corrected chi connectivity index (χ3v) is 6.58. The zero-order valence-electron chi connectivity index (χ0n) is 21.7. The average Bonchev–Trinajstić information content (AvgIpc) is 2.70. The molecule has 0 aromatic heterocycles. The quantitative estimate of drug-likeness (QED) is 0.228. The van der Waals surface area contributed by atoms with E-state index in [4.69, 9.17) is 0 Å². The molecule has 180 valence electrons. The monoisotopic (exact) mass is 442 g/mol. The summed E-state index contributed by atoms with van der Waals surface area (Å²) in [5.41, 5.74) is 6.26. The van der Waals surface area contributed by atoms with Crippen LogP contribution in [0.1, 0.15) is 102 Å². The van der Waals surface area contributed by atoms with Gasteiger partial charge < -0.3 is 15.3 Å². The van der Waals surface area contributed by atoms with Crippen LogP contribution in [0.25, 0.3) is 0 Å². The topological polar surface area (TPSA) is 60.7 Å². The maximum Gasteiger partial charge on any atom is 0.122 e. The highest BCUT2D eigenvalue weighted by atomic mass is 16.3. The van der Waals surface area contributed by atoms with Crippen LogP contribution in [0.2, 0.25) is 0 Å². The summed E-state index contributed by atoms with van der Waals surface area (Å²) >= 11 is 0. The van der Waals surface area contributed by atoms with Gasteiger partial charge in [-0.05, 0) is 123 Å². The van der Waals surface area contributed by atoms with Crippen molar-refractivity contribution in [2.45, 2.75) is 112 Å². The number of rotatable bonds is 12. The molecule has 32 heavy (non-hydrogen) atoms. The summed E-state index contributed by atoms with van der Waals surface area (Å²) in [6, 6.07) is 0. The van der Waals surface area contributed by atoms with E-state index in [1.807, 2.05) is 27.7 Å². The van der Waals surface area contributed by atoms with E-state index in [1.165, 1.54) is 16.7 Å². The Hall–Kier alpha value is -2.00. The Labute approximate surface area is 196 Å². The number of allylic oxidation sites excluding steroid dienone is 6. The highest BCUT2D eigenvalue weighted by Crippen LogP contribution is 2.37. The maximum atomic E-state index is 10.8. The van der Waals surface area contributed by atoms with Gasteiger partial charge in [-0.2, -0.15) is 0 Å². The lowest BCUT2D eigenvalue weighted by Gasteiger charge is -2.24. The van der Waals surface area contributed by atoms with Crippen molar-refractivity contribution in [1.82, 2.24) is 0 Å². The molecule has 1 atom stereocenters. The van der Waals surface area contributed by atoms with E-state index in [0.717, 1.165) is 37.7 Å². The van der Waals surface area contributed by atoms with Crippen molar-refractivity contribution in [3.63, 3.8) is 0 Å². The van der Waals surface area contributed by atoms with E-state index in [0.29, 0.717) is 36.0 Å². The van der Waals surface area contributed by atoms with E-state index in [2.05, 4.69) is 45.9 Å². The minimum atomic E-state index is -0.814. The van der Waals surface area contributed by atoms with Gasteiger partial charge in [0.2, 0.25) is 0 Å². The Bertz CT molecular complexity index is 821. The molecule has 0 amide bonds. The molecule has 0 heterocycles. The highest BCUT2D eigenvalue weighted by molar-refractivity contribution is 5.56. The first-order chi connectivity index (χ1) is 14.9. The molecule has 1 rings (SSSR count). The van der Waals surface area contributed by atoms with E-state index in [1.54, 1.807) is 0 Å². The fraction of sp³-hybridized carbons (Fsp3) is 0.586. The van der Waals surface area contributed by atoms with Crippen molar-refractivity contribution in [1.29, 1.82) is 0 Å². The summed E-state index contributed by atoms with van der Waals surface area (Å²) in [7, 11) is 0. The van der Waals surface area contributed by atoms with Gasteiger partial charge in [0.05, 0.1) is 5.60 Å². The molecule has 0 unspecified atom stereocenters. The van der Waals surface area contributed by atoms with Crippen molar-refractivity contribution in [2.75, 3.05) is 0 Å². The first-order valence-corrected chi connectivity index (χ1v) is 12.0. The summed E-state index contributed by atoms with van der Waals surface area (Å²) in [6.07, 6.45) is 13.8. The van der Waals surface area contributed by atoms with Crippen molar-refractivity contribution in [2.24, 2.45) is 0 Å². The molecule has 0 fully saturated rings. The molecule has 0 aliphatic heterocycles. The van der Waals surface area contributed by atoms with Gasteiger partial charge in [-0.1, -0.05) is 34.9 Å². The predicted octanol–water partition coefficient (Wildman–Crippen LogP) is 7.91. The smallest absolute Gasteiger partial charge is 0.122 e. The lowest BCUT2D eigenvalue weighted by Crippen LogP contribution is -2.24. The summed E-state index contributed by atoms with van der Waals surface area (Å²) in [5, 5.41) is 31.7. The van der Waals surface area contributed by atoms with Crippen molar-refractivity contribution in [3.05, 3.63) is 57.2 Å². The first kappa shape index (κ1) is 28.0. The lowest BCUT2D eigenvalue weighted by atomic mass is 9.88. The fourth-order valence-electron chi connectivity index (χ4n) is 3.98. The minimum absolute atomic E-state index is 0.244. The van der Waals surface area contributed by atoms with Crippen LogP contribution < -0.4 is 0 Å². The molecule has 0 radical (unpaired) electrons. The van der Waals surface area contributed by atoms with Gasteiger partial charge in [0.25, 0.3) is 0 Å². The molecule has 1 aromatic carbocycles. The summed E-state index contributed by atoms with van der Waals surface area (Å²) in [4.78, 5) is 0. The number of hydrogen-bond acceptors (Lipinski definition) is 3. The second kappa shape index (κ2) is 12.9. The standard InChI is InChI=1S/C29H46O3/c1-20(2)12-9-13-21(3)14-10-15-22(4)16-11-18-29(8,32)19-17-26-25(7)27(30)23(5)24(6)28(26)31/h12,14,16,30-32H,9-11,13,15,17-19H2,1-8H3/b21-14+,22-16+/t29-/m0/s1. The van der Waals surface area contributed by atoms with Crippen LogP contribution in [0.5, 0.6) is 11.5 Å². The van der Waals surface area contributed by atoms with E-state index >= 15 is 0 Å². The van der Waals surface area contributed by atoms with E-state index in [9.17, 15) is 15.3 Å². The van der Waals surface area contributed by atoms with Crippen LogP contribution in [-0.4, -0.2) is 20.9 Å². The first-order valence-electron chi connectivity index (χ1n) is 12.0. The Morgan fingerprint density at radius 1 is 0.719 bits per heavy atom. The zero-order chi connectivity index (χ0) is 24.5. The Balaban J connectivity index is 2.53. The third-order valence-electron chi connectivity index (χ3n) is 6.58. The molecular formula is C29H46O3. The second-order valence-corrected chi connectivity index (χ2v) is 10.0. The second-order valence-electron chi connectivity index (χ2n) is 10.0. The number of hydrogen-bond donors (Lipinski definition) is 3. The van der Waals surface area contributed by atoms with Crippen LogP contribution in [0.3, 0.4) is 0 Å². The minimum Gasteiger partial charge on any atom is -0.507 e. The van der Waals surface area contributed by atoms with E-state index < -0.39 is 5.60 Å². The van der Waals surface area contributed by atoms with Crippen LogP contribution in [0.15, 0.2) is 34.9 Å². The summed E-state index contributed by atoms with van der Waals surface area (Å²) in [6.45, 7) is 16.0. The Morgan fingerprint density at radius 3 is 1.78 bits per heavy atom. The Kier molecular flexibility index (Phi) is 11.3. The Morgan fingerprint density at radius 2 is 1.22 bits per heavy atom. The van der Waals surface area contributed by atoms with Gasteiger partial charge in [-0.25, -0.2) is 0 Å². The molecule has 0 aliphatic carbocycles. The van der Waals surface area contributed by atoms with Gasteiger partial charge in [0.15, 0.2) is 0 Å². The van der Waals surface area contributed by atoms with Crippen LogP contribution in [0, 0.1) is 20.8 Å². The number of aliphatic hydroxyl groups is 1. The van der Waals surface area contributed by atoms with Crippen LogP contribution in [0.4, 0.5) is 0 Å². The molecule has 0 spiro atoms. The number of aromatic hydroxyl groups is 2. The van der Waals surface area contributed by atoms with Crippen molar-refractivity contribution >= 4 is 0 Å². The van der Waals surface area contributed by atoms with Gasteiger partial charge in [0.1, 0.15) is 11.5 Å². The summed E-state index contributed by atoms with van der Waals surface area (Å²) in [5.74, 6) is 0.489. The normalized spacial score (nSPS) is 14.4. The molecule has 3 heteroatoms. The molecule has 1 aromatic rings. The predicted molar refractivity (Wildman–Crippen MR) is 138 cm³/mol. The largest absolute Gasteiger partial charge is 0.507 e. The van der Waals surface area contributed by atoms with Crippen molar-refractivity contribution < 1.29 is 15.3 Å². The molecular weight excluding hydrogens is 396 g/mol. The SMILES string of the molecule is CC(C)=CCC/C(C)=C/CC/C(C)=C/CC[C@](C)(O)CCc1c(C)c(O)c(C)c(C)c1O. The number of phenolic OH excluding ortho intramolecular Hbond substituents is 2. The average molecular weight is 443 g/mol. The number of benzene rings is 1. The molecule has 0 saturated carbocycles. The van der Waals surface area contributed by atoms with Gasteiger partial charge in [-0.15, -0.1) is 0 Å². The third kappa shape index (κ3) is 9.24. The number of phenols is 2. The fourth-order valence-corrected chi connectivity index (χ4v) is 3.98.